The van der Waals surface area contributed by atoms with Gasteiger partial charge >= 0.3 is 0 Å². The maximum Gasteiger partial charge on any atom is 0.203 e. The number of carbonyl (C=O) groups is 1. The van der Waals surface area contributed by atoms with Crippen LogP contribution in [0.5, 0.6) is 5.75 Å². The van der Waals surface area contributed by atoms with Gasteiger partial charge in [-0.15, -0.1) is 0 Å². The van der Waals surface area contributed by atoms with Gasteiger partial charge in [-0.25, -0.2) is 0 Å². The summed E-state index contributed by atoms with van der Waals surface area (Å²) in [6.07, 6.45) is 3.84. The van der Waals surface area contributed by atoms with Crippen LogP contribution in [0.2, 0.25) is 0 Å². The number of ketones is 1. The molecule has 0 saturated carbocycles. The van der Waals surface area contributed by atoms with E-state index in [4.69, 9.17) is 10.1 Å². The zero-order chi connectivity index (χ0) is 20.2. The van der Waals surface area contributed by atoms with E-state index >= 15 is 0 Å². The van der Waals surface area contributed by atoms with E-state index in [9.17, 15) is 4.79 Å². The number of Topliss-reactive ketones (excluding diaryl/α,β-unsaturated/α-hetero) is 1. The Balaban J connectivity index is 1.59. The van der Waals surface area contributed by atoms with E-state index in [1.807, 2.05) is 33.4 Å². The lowest BCUT2D eigenvalue weighted by Gasteiger charge is -2.26. The van der Waals surface area contributed by atoms with Crippen LogP contribution >= 0.6 is 0 Å². The van der Waals surface area contributed by atoms with Gasteiger partial charge in [0.05, 0.1) is 24.7 Å². The van der Waals surface area contributed by atoms with Crippen molar-refractivity contribution < 1.29 is 9.53 Å². The van der Waals surface area contributed by atoms with E-state index in [0.717, 1.165) is 43.0 Å². The van der Waals surface area contributed by atoms with E-state index in [-0.39, 0.29) is 12.3 Å². The number of fused-ring (bicyclic) bond motifs is 1. The first-order valence-electron chi connectivity index (χ1n) is 10.3. The summed E-state index contributed by atoms with van der Waals surface area (Å²) in [5.41, 5.74) is 2.95. The number of hydrogen-bond acceptors (Lipinski definition) is 4. The van der Waals surface area contributed by atoms with Crippen molar-refractivity contribution >= 4 is 16.8 Å². The Morgan fingerprint density at radius 3 is 2.24 bits per heavy atom. The molecule has 0 bridgehead atoms. The van der Waals surface area contributed by atoms with Crippen molar-refractivity contribution in [1.82, 2.24) is 14.0 Å². The summed E-state index contributed by atoms with van der Waals surface area (Å²) in [5, 5.41) is 8.75. The molecule has 152 valence electrons. The van der Waals surface area contributed by atoms with Gasteiger partial charge in [0.1, 0.15) is 5.75 Å². The molecule has 6 heteroatoms. The number of rotatable bonds is 7. The first-order chi connectivity index (χ1) is 14.2. The van der Waals surface area contributed by atoms with Gasteiger partial charge in [0.2, 0.25) is 5.62 Å². The molecule has 0 amide bonds. The van der Waals surface area contributed by atoms with Crippen LogP contribution in [0, 0.1) is 5.41 Å². The predicted octanol–water partition coefficient (Wildman–Crippen LogP) is 3.30. The highest BCUT2D eigenvalue weighted by Crippen LogP contribution is 2.16. The normalized spacial score (nSPS) is 14.9. The van der Waals surface area contributed by atoms with Crippen molar-refractivity contribution in [2.75, 3.05) is 26.7 Å². The third-order valence-corrected chi connectivity index (χ3v) is 5.78. The third-order valence-electron chi connectivity index (χ3n) is 5.78. The largest absolute Gasteiger partial charge is 0.497 e. The van der Waals surface area contributed by atoms with E-state index in [2.05, 4.69) is 4.90 Å². The van der Waals surface area contributed by atoms with Gasteiger partial charge in [-0.05, 0) is 62.3 Å². The van der Waals surface area contributed by atoms with Gasteiger partial charge in [0.15, 0.2) is 5.78 Å². The van der Waals surface area contributed by atoms with Gasteiger partial charge in [-0.2, -0.15) is 0 Å². The smallest absolute Gasteiger partial charge is 0.203 e. The van der Waals surface area contributed by atoms with Crippen molar-refractivity contribution in [3.63, 3.8) is 0 Å². The Labute approximate surface area is 170 Å². The van der Waals surface area contributed by atoms with Crippen LogP contribution in [0.4, 0.5) is 0 Å². The van der Waals surface area contributed by atoms with Crippen LogP contribution in [-0.4, -0.2) is 46.6 Å². The molecule has 1 N–H and O–H groups in total. The van der Waals surface area contributed by atoms with Crippen molar-refractivity contribution in [2.24, 2.45) is 0 Å². The lowest BCUT2D eigenvalue weighted by Crippen LogP contribution is -2.35. The Hall–Kier alpha value is -2.86. The highest BCUT2D eigenvalue weighted by molar-refractivity contribution is 5.96. The van der Waals surface area contributed by atoms with Crippen LogP contribution in [0.15, 0.2) is 48.5 Å². The molecule has 0 atom stereocenters. The Bertz CT molecular complexity index is 1040. The SMILES string of the molecule is COc1ccc(C(=O)Cn2c(=N)n(CCN3CCCCC3)c3ccccc32)cc1. The second kappa shape index (κ2) is 8.66. The number of carbonyl (C=O) groups excluding carboxylic acids is 1. The fourth-order valence-electron chi connectivity index (χ4n) is 4.12. The average molecular weight is 393 g/mol. The summed E-state index contributed by atoms with van der Waals surface area (Å²) in [4.78, 5) is 15.3. The first kappa shape index (κ1) is 19.5. The minimum absolute atomic E-state index is 0.00918. The number of piperidine rings is 1. The first-order valence-corrected chi connectivity index (χ1v) is 10.3. The van der Waals surface area contributed by atoms with E-state index in [1.165, 1.54) is 19.3 Å². The van der Waals surface area contributed by atoms with Crippen molar-refractivity contribution in [3.8, 4) is 5.75 Å². The summed E-state index contributed by atoms with van der Waals surface area (Å²) in [6.45, 7) is 4.15. The monoisotopic (exact) mass is 392 g/mol. The standard InChI is InChI=1S/C23H28N4O2/c1-29-19-11-9-18(10-12-19)22(28)17-27-21-8-4-3-7-20(21)26(23(27)24)16-15-25-13-5-2-6-14-25/h3-4,7-12,24H,2,5-6,13-17H2,1H3. The molecule has 2 heterocycles. The molecule has 3 aromatic rings. The maximum atomic E-state index is 12.9. The van der Waals surface area contributed by atoms with Crippen molar-refractivity contribution in [3.05, 3.63) is 59.7 Å². The average Bonchev–Trinajstić information content (AvgIpc) is 3.04. The van der Waals surface area contributed by atoms with Gasteiger partial charge < -0.3 is 18.8 Å². The number of hydrogen-bond donors (Lipinski definition) is 1. The Morgan fingerprint density at radius 2 is 1.59 bits per heavy atom. The molecule has 2 aromatic carbocycles. The number of methoxy groups -OCH3 is 1. The van der Waals surface area contributed by atoms with Crippen LogP contribution < -0.4 is 10.4 Å². The van der Waals surface area contributed by atoms with Gasteiger partial charge in [0.25, 0.3) is 0 Å². The highest BCUT2D eigenvalue weighted by Gasteiger charge is 2.16. The number of aromatic nitrogens is 2. The molecule has 0 radical (unpaired) electrons. The van der Waals surface area contributed by atoms with Crippen LogP contribution in [0.1, 0.15) is 29.6 Å². The lowest BCUT2D eigenvalue weighted by atomic mass is 10.1. The number of benzene rings is 2. The number of ether oxygens (including phenoxy) is 1. The summed E-state index contributed by atoms with van der Waals surface area (Å²) >= 11 is 0. The number of nitrogens with zero attached hydrogens (tertiary/aromatic N) is 3. The topological polar surface area (TPSA) is 63.2 Å². The molecule has 1 aliphatic rings. The van der Waals surface area contributed by atoms with E-state index in [0.29, 0.717) is 11.2 Å². The zero-order valence-electron chi connectivity index (χ0n) is 16.9. The molecule has 0 aliphatic carbocycles. The molecular formula is C23H28N4O2. The second-order valence-electron chi connectivity index (χ2n) is 7.60. The fourth-order valence-corrected chi connectivity index (χ4v) is 4.12. The highest BCUT2D eigenvalue weighted by atomic mass is 16.5. The summed E-state index contributed by atoms with van der Waals surface area (Å²) in [6, 6.07) is 15.1. The minimum Gasteiger partial charge on any atom is -0.497 e. The Morgan fingerprint density at radius 1 is 0.931 bits per heavy atom. The second-order valence-corrected chi connectivity index (χ2v) is 7.60. The lowest BCUT2D eigenvalue weighted by molar-refractivity contribution is 0.0971. The van der Waals surface area contributed by atoms with Crippen molar-refractivity contribution in [1.29, 1.82) is 5.41 Å². The number of likely N-dealkylation sites (tertiary alicyclic amines) is 1. The molecule has 6 nitrogen and oxygen atoms in total. The summed E-state index contributed by atoms with van der Waals surface area (Å²) < 4.78 is 9.02. The summed E-state index contributed by atoms with van der Waals surface area (Å²) in [5.74, 6) is 0.717. The van der Waals surface area contributed by atoms with Gasteiger partial charge in [0, 0.05) is 18.7 Å². The summed E-state index contributed by atoms with van der Waals surface area (Å²) in [7, 11) is 1.61. The molecule has 29 heavy (non-hydrogen) atoms. The quantitative estimate of drug-likeness (QED) is 0.628. The van der Waals surface area contributed by atoms with Crippen molar-refractivity contribution in [2.45, 2.75) is 32.4 Å². The minimum atomic E-state index is -0.00918. The molecule has 0 spiro atoms. The predicted molar refractivity (Wildman–Crippen MR) is 113 cm³/mol. The molecule has 4 rings (SSSR count). The Kier molecular flexibility index (Phi) is 5.81. The van der Waals surface area contributed by atoms with E-state index in [1.54, 1.807) is 31.4 Å². The molecule has 1 fully saturated rings. The van der Waals surface area contributed by atoms with Crippen LogP contribution in [0.25, 0.3) is 11.0 Å². The van der Waals surface area contributed by atoms with E-state index < -0.39 is 0 Å². The third kappa shape index (κ3) is 4.12. The molecule has 1 aromatic heterocycles. The molecule has 1 aliphatic heterocycles. The van der Waals surface area contributed by atoms with Crippen LogP contribution in [0.3, 0.4) is 0 Å². The maximum absolute atomic E-state index is 12.9. The number of nitrogens with one attached hydrogen (secondary N) is 1. The molecule has 1 saturated heterocycles. The molecular weight excluding hydrogens is 364 g/mol. The molecule has 0 unspecified atom stereocenters. The number of para-hydroxylation sites is 2. The van der Waals surface area contributed by atoms with Crippen LogP contribution in [-0.2, 0) is 13.1 Å². The van der Waals surface area contributed by atoms with Gasteiger partial charge in [-0.3, -0.25) is 10.2 Å². The fraction of sp³-hybridized carbons (Fsp3) is 0.391. The number of imidazole rings is 1. The van der Waals surface area contributed by atoms with Gasteiger partial charge in [-0.1, -0.05) is 18.6 Å². The zero-order valence-corrected chi connectivity index (χ0v) is 16.9.